The van der Waals surface area contributed by atoms with Gasteiger partial charge < -0.3 is 4.74 Å². The molecule has 0 bridgehead atoms. The summed E-state index contributed by atoms with van der Waals surface area (Å²) in [7, 11) is 1.44. The van der Waals surface area contributed by atoms with E-state index in [9.17, 15) is 0 Å². The summed E-state index contributed by atoms with van der Waals surface area (Å²) in [5.74, 6) is 0. The first kappa shape index (κ1) is 6.54. The van der Waals surface area contributed by atoms with Crippen LogP contribution in [-0.4, -0.2) is 11.6 Å². The molecule has 0 aromatic carbocycles. The van der Waals surface area contributed by atoms with Crippen molar-refractivity contribution in [3.63, 3.8) is 0 Å². The molecule has 0 N–H and O–H groups in total. The third kappa shape index (κ3) is 4.54. The molecule has 0 atom stereocenters. The van der Waals surface area contributed by atoms with Crippen LogP contribution < -0.4 is 0 Å². The topological polar surface area (TPSA) is 9.23 Å². The molecule has 0 aliphatic rings. The number of hydrogen-bond donors (Lipinski definition) is 0. The number of methoxy groups -OCH3 is 1. The molecule has 38 valence electrons. The molecule has 0 saturated heterocycles. The highest BCUT2D eigenvalue weighted by Crippen LogP contribution is 2.18. The van der Waals surface area contributed by atoms with Crippen LogP contribution in [0.2, 0.25) is 0 Å². The Bertz CT molecular complexity index is 38.5. The highest BCUT2D eigenvalue weighted by molar-refractivity contribution is 6.46. The van der Waals surface area contributed by atoms with Crippen LogP contribution in [0.25, 0.3) is 0 Å². The van der Waals surface area contributed by atoms with E-state index in [-0.39, 0.29) is 0 Å². The highest BCUT2D eigenvalue weighted by atomic mass is 35.5. The largest absolute Gasteiger partial charge is 0.350 e. The van der Waals surface area contributed by atoms with Crippen molar-refractivity contribution >= 4 is 23.2 Å². The van der Waals surface area contributed by atoms with Gasteiger partial charge in [0.25, 0.3) is 0 Å². The molecular formula is C3H6Cl2O. The lowest BCUT2D eigenvalue weighted by molar-refractivity contribution is 0.149. The van der Waals surface area contributed by atoms with Crippen molar-refractivity contribution < 1.29 is 4.74 Å². The predicted octanol–water partition coefficient (Wildman–Crippen LogP) is 1.78. The third-order valence-electron chi connectivity index (χ3n) is 0.358. The van der Waals surface area contributed by atoms with Crippen LogP contribution in [0.3, 0.4) is 0 Å². The normalized spacial score (nSPS) is 12.0. The molecule has 0 fully saturated rings. The van der Waals surface area contributed by atoms with Crippen LogP contribution in [-0.2, 0) is 4.74 Å². The standard InChI is InChI=1S/C3H6Cl2O/c1-3(4,5)6-2/h1-2H3. The number of rotatable bonds is 1. The monoisotopic (exact) mass is 128 g/mol. The average molecular weight is 129 g/mol. The Labute approximate surface area is 47.2 Å². The van der Waals surface area contributed by atoms with Crippen molar-refractivity contribution in [2.24, 2.45) is 0 Å². The SMILES string of the molecule is COC(C)(Cl)Cl. The van der Waals surface area contributed by atoms with E-state index >= 15 is 0 Å². The van der Waals surface area contributed by atoms with Gasteiger partial charge in [-0.15, -0.1) is 0 Å². The van der Waals surface area contributed by atoms with Gasteiger partial charge in [0.05, 0.1) is 0 Å². The molecule has 0 saturated carbocycles. The minimum Gasteiger partial charge on any atom is -0.350 e. The summed E-state index contributed by atoms with van der Waals surface area (Å²) < 4.78 is 3.45. The van der Waals surface area contributed by atoms with Crippen LogP contribution in [0, 0.1) is 0 Å². The van der Waals surface area contributed by atoms with Crippen molar-refractivity contribution in [1.29, 1.82) is 0 Å². The molecule has 0 aliphatic carbocycles. The van der Waals surface area contributed by atoms with Crippen molar-refractivity contribution in [2.75, 3.05) is 7.11 Å². The Hall–Kier alpha value is 0.540. The molecule has 0 amide bonds. The van der Waals surface area contributed by atoms with Gasteiger partial charge in [-0.3, -0.25) is 0 Å². The fraction of sp³-hybridized carbons (Fsp3) is 1.00. The zero-order valence-corrected chi connectivity index (χ0v) is 5.18. The minimum atomic E-state index is -1.01. The Morgan fingerprint density at radius 2 is 1.67 bits per heavy atom. The van der Waals surface area contributed by atoms with Gasteiger partial charge in [-0.05, 0) is 6.92 Å². The first-order valence-corrected chi connectivity index (χ1v) is 2.25. The lowest BCUT2D eigenvalue weighted by atomic mass is 10.8. The number of alkyl halides is 2. The highest BCUT2D eigenvalue weighted by Gasteiger charge is 2.11. The maximum Gasteiger partial charge on any atom is 0.214 e. The van der Waals surface area contributed by atoms with E-state index in [1.807, 2.05) is 0 Å². The van der Waals surface area contributed by atoms with Gasteiger partial charge in [-0.25, -0.2) is 0 Å². The molecule has 0 aromatic rings. The summed E-state index contributed by atoms with van der Waals surface area (Å²) in [5, 5.41) is 0. The number of hydrogen-bond acceptors (Lipinski definition) is 1. The van der Waals surface area contributed by atoms with Crippen LogP contribution in [0.1, 0.15) is 6.92 Å². The summed E-state index contributed by atoms with van der Waals surface area (Å²) in [6, 6.07) is 0. The van der Waals surface area contributed by atoms with E-state index in [4.69, 9.17) is 23.2 Å². The second-order valence-corrected chi connectivity index (χ2v) is 2.65. The molecule has 0 aromatic heterocycles. The van der Waals surface area contributed by atoms with Crippen molar-refractivity contribution in [3.05, 3.63) is 0 Å². The fourth-order valence-corrected chi connectivity index (χ4v) is 0. The van der Waals surface area contributed by atoms with Gasteiger partial charge in [-0.2, -0.15) is 0 Å². The van der Waals surface area contributed by atoms with Gasteiger partial charge in [0.1, 0.15) is 0 Å². The maximum absolute atomic E-state index is 5.26. The van der Waals surface area contributed by atoms with E-state index in [1.165, 1.54) is 7.11 Å². The molecular weight excluding hydrogens is 123 g/mol. The first-order valence-electron chi connectivity index (χ1n) is 1.49. The predicted molar refractivity (Wildman–Crippen MR) is 27.1 cm³/mol. The molecule has 0 unspecified atom stereocenters. The Morgan fingerprint density at radius 1 is 1.50 bits per heavy atom. The first-order chi connectivity index (χ1) is 2.56. The average Bonchev–Trinajstić information content (AvgIpc) is 1.35. The van der Waals surface area contributed by atoms with E-state index < -0.39 is 4.52 Å². The van der Waals surface area contributed by atoms with Gasteiger partial charge in [-0.1, -0.05) is 23.2 Å². The van der Waals surface area contributed by atoms with Crippen molar-refractivity contribution in [2.45, 2.75) is 11.4 Å². The second-order valence-electron chi connectivity index (χ2n) is 1.01. The van der Waals surface area contributed by atoms with Crippen LogP contribution in [0.5, 0.6) is 0 Å². The Balaban J connectivity index is 3.17. The lowest BCUT2D eigenvalue weighted by Crippen LogP contribution is -2.07. The van der Waals surface area contributed by atoms with E-state index in [1.54, 1.807) is 6.92 Å². The Morgan fingerprint density at radius 3 is 1.67 bits per heavy atom. The zero-order chi connectivity index (χ0) is 5.21. The second kappa shape index (κ2) is 2.01. The minimum absolute atomic E-state index is 1.01. The summed E-state index contributed by atoms with van der Waals surface area (Å²) in [6.45, 7) is 1.55. The summed E-state index contributed by atoms with van der Waals surface area (Å²) in [5.41, 5.74) is 0. The van der Waals surface area contributed by atoms with Gasteiger partial charge in [0, 0.05) is 7.11 Å². The van der Waals surface area contributed by atoms with Crippen molar-refractivity contribution in [1.82, 2.24) is 0 Å². The maximum atomic E-state index is 5.26. The number of halogens is 2. The summed E-state index contributed by atoms with van der Waals surface area (Å²) in [6.07, 6.45) is 0. The zero-order valence-electron chi connectivity index (χ0n) is 3.66. The molecule has 3 heteroatoms. The molecule has 0 heterocycles. The van der Waals surface area contributed by atoms with Crippen LogP contribution in [0.15, 0.2) is 0 Å². The summed E-state index contributed by atoms with van der Waals surface area (Å²) >= 11 is 10.5. The molecule has 0 rings (SSSR count). The molecule has 0 spiro atoms. The molecule has 0 radical (unpaired) electrons. The van der Waals surface area contributed by atoms with Gasteiger partial charge in [0.15, 0.2) is 0 Å². The van der Waals surface area contributed by atoms with E-state index in [0.29, 0.717) is 0 Å². The smallest absolute Gasteiger partial charge is 0.214 e. The fourth-order valence-electron chi connectivity index (χ4n) is 0. The van der Waals surface area contributed by atoms with E-state index in [0.717, 1.165) is 0 Å². The molecule has 1 nitrogen and oxygen atoms in total. The Kier molecular flexibility index (Phi) is 2.19. The van der Waals surface area contributed by atoms with Crippen LogP contribution in [0.4, 0.5) is 0 Å². The molecule has 0 aliphatic heterocycles. The summed E-state index contributed by atoms with van der Waals surface area (Å²) in [4.78, 5) is 0. The third-order valence-corrected chi connectivity index (χ3v) is 0.667. The van der Waals surface area contributed by atoms with Gasteiger partial charge in [0.2, 0.25) is 4.52 Å². The van der Waals surface area contributed by atoms with Crippen molar-refractivity contribution in [3.8, 4) is 0 Å². The number of ether oxygens (including phenoxy) is 1. The van der Waals surface area contributed by atoms with Gasteiger partial charge >= 0.3 is 0 Å². The molecule has 6 heavy (non-hydrogen) atoms. The lowest BCUT2D eigenvalue weighted by Gasteiger charge is -2.07. The van der Waals surface area contributed by atoms with E-state index in [2.05, 4.69) is 4.74 Å². The quantitative estimate of drug-likeness (QED) is 0.490. The van der Waals surface area contributed by atoms with Crippen LogP contribution >= 0.6 is 23.2 Å².